The number of nitrogens with zero attached hydrogens (tertiary/aromatic N) is 7. The van der Waals surface area contributed by atoms with Crippen molar-refractivity contribution in [2.75, 3.05) is 26.2 Å². The van der Waals surface area contributed by atoms with Crippen molar-refractivity contribution in [2.45, 2.75) is 26.9 Å². The van der Waals surface area contributed by atoms with Gasteiger partial charge < -0.3 is 4.90 Å². The lowest BCUT2D eigenvalue weighted by atomic mass is 10.1. The molecular formula is C24H27N7O. The number of rotatable bonds is 5. The van der Waals surface area contributed by atoms with Gasteiger partial charge in [-0.2, -0.15) is 5.10 Å². The van der Waals surface area contributed by atoms with E-state index in [9.17, 15) is 4.79 Å². The first-order valence-corrected chi connectivity index (χ1v) is 11.0. The highest BCUT2D eigenvalue weighted by Crippen LogP contribution is 2.20. The third kappa shape index (κ3) is 3.89. The lowest BCUT2D eigenvalue weighted by molar-refractivity contribution is -0.133. The van der Waals surface area contributed by atoms with Crippen molar-refractivity contribution in [3.05, 3.63) is 71.5 Å². The summed E-state index contributed by atoms with van der Waals surface area (Å²) in [5, 5.41) is 13.1. The van der Waals surface area contributed by atoms with Crippen LogP contribution in [0.25, 0.3) is 16.7 Å². The number of carbonyl (C=O) groups excluding carboxylic acids is 1. The van der Waals surface area contributed by atoms with Gasteiger partial charge in [-0.3, -0.25) is 9.69 Å². The van der Waals surface area contributed by atoms with E-state index >= 15 is 0 Å². The second kappa shape index (κ2) is 8.55. The van der Waals surface area contributed by atoms with Gasteiger partial charge in [0.2, 0.25) is 5.91 Å². The summed E-state index contributed by atoms with van der Waals surface area (Å²) >= 11 is 0. The molecule has 8 nitrogen and oxygen atoms in total. The molecule has 32 heavy (non-hydrogen) atoms. The van der Waals surface area contributed by atoms with Crippen molar-refractivity contribution in [1.82, 2.24) is 34.6 Å². The van der Waals surface area contributed by atoms with E-state index in [1.165, 1.54) is 11.3 Å². The number of amides is 1. The first kappa shape index (κ1) is 20.4. The van der Waals surface area contributed by atoms with Crippen LogP contribution in [0.1, 0.15) is 17.0 Å². The van der Waals surface area contributed by atoms with Crippen molar-refractivity contribution in [2.24, 2.45) is 0 Å². The van der Waals surface area contributed by atoms with Gasteiger partial charge in [0.25, 0.3) is 0 Å². The van der Waals surface area contributed by atoms with Crippen molar-refractivity contribution < 1.29 is 4.79 Å². The molecule has 1 aliphatic heterocycles. The van der Waals surface area contributed by atoms with E-state index in [0.29, 0.717) is 0 Å². The van der Waals surface area contributed by atoms with Crippen LogP contribution in [0.5, 0.6) is 0 Å². The summed E-state index contributed by atoms with van der Waals surface area (Å²) in [5.41, 5.74) is 6.28. The quantitative estimate of drug-likeness (QED) is 0.488. The molecule has 1 amide bonds. The van der Waals surface area contributed by atoms with Crippen molar-refractivity contribution in [1.29, 1.82) is 0 Å². The predicted octanol–water partition coefficient (Wildman–Crippen LogP) is 2.58. The second-order valence-corrected chi connectivity index (χ2v) is 8.29. The Morgan fingerprint density at radius 3 is 2.44 bits per heavy atom. The fourth-order valence-electron chi connectivity index (χ4n) is 4.37. The summed E-state index contributed by atoms with van der Waals surface area (Å²) in [6.45, 7) is 8.41. The van der Waals surface area contributed by atoms with Crippen LogP contribution in [0.4, 0.5) is 0 Å². The Hall–Kier alpha value is -3.52. The molecule has 0 aliphatic carbocycles. The van der Waals surface area contributed by atoms with Crippen LogP contribution in [0, 0.1) is 13.8 Å². The number of aryl methyl sites for hydroxylation is 1. The van der Waals surface area contributed by atoms with Crippen LogP contribution in [-0.4, -0.2) is 66.7 Å². The second-order valence-electron chi connectivity index (χ2n) is 8.29. The van der Waals surface area contributed by atoms with Crippen molar-refractivity contribution >= 4 is 16.9 Å². The minimum absolute atomic E-state index is 0.0876. The molecule has 1 aliphatic rings. The fraction of sp³-hybridized carbons (Fsp3) is 0.333. The highest BCUT2D eigenvalue weighted by atomic mass is 16.2. The van der Waals surface area contributed by atoms with Gasteiger partial charge in [0, 0.05) is 44.0 Å². The molecule has 164 valence electrons. The number of hydrogen-bond acceptors (Lipinski definition) is 5. The Morgan fingerprint density at radius 1 is 0.938 bits per heavy atom. The van der Waals surface area contributed by atoms with E-state index in [2.05, 4.69) is 41.2 Å². The van der Waals surface area contributed by atoms with Gasteiger partial charge in [0.1, 0.15) is 12.1 Å². The van der Waals surface area contributed by atoms with Gasteiger partial charge in [-0.25, -0.2) is 9.36 Å². The maximum absolute atomic E-state index is 12.8. The predicted molar refractivity (Wildman–Crippen MR) is 122 cm³/mol. The molecule has 2 aromatic carbocycles. The standard InChI is InChI=1S/C24H27N7O/c1-18-21(19(2)31(26-18)20-8-4-3-5-9-20)16-28-12-14-29(15-13-28)24(32)17-30-23-11-7-6-10-22(23)25-27-30/h3-11H,12-17H2,1-2H3. The molecular weight excluding hydrogens is 402 g/mol. The molecule has 0 radical (unpaired) electrons. The minimum atomic E-state index is 0.0876. The summed E-state index contributed by atoms with van der Waals surface area (Å²) in [4.78, 5) is 17.2. The maximum Gasteiger partial charge on any atom is 0.244 e. The number of para-hydroxylation sites is 2. The van der Waals surface area contributed by atoms with E-state index in [1.54, 1.807) is 4.68 Å². The number of hydrogen-bond donors (Lipinski definition) is 0. The van der Waals surface area contributed by atoms with E-state index in [1.807, 2.05) is 52.0 Å². The van der Waals surface area contributed by atoms with Crippen molar-refractivity contribution in [3.8, 4) is 5.69 Å². The zero-order valence-electron chi connectivity index (χ0n) is 18.5. The Balaban J connectivity index is 1.21. The molecule has 0 spiro atoms. The number of carbonyl (C=O) groups is 1. The summed E-state index contributed by atoms with van der Waals surface area (Å²) in [6, 6.07) is 17.9. The number of fused-ring (bicyclic) bond motifs is 1. The van der Waals surface area contributed by atoms with E-state index in [-0.39, 0.29) is 12.5 Å². The fourth-order valence-corrected chi connectivity index (χ4v) is 4.37. The summed E-state index contributed by atoms with van der Waals surface area (Å²) in [6.07, 6.45) is 0. The third-order valence-electron chi connectivity index (χ3n) is 6.25. The average Bonchev–Trinajstić information content (AvgIpc) is 3.36. The molecule has 0 bridgehead atoms. The normalized spacial score (nSPS) is 14.9. The van der Waals surface area contributed by atoms with Gasteiger partial charge in [-0.1, -0.05) is 35.5 Å². The Bertz CT molecular complexity index is 1240. The molecule has 2 aromatic heterocycles. The lowest BCUT2D eigenvalue weighted by Gasteiger charge is -2.34. The van der Waals surface area contributed by atoms with Gasteiger partial charge >= 0.3 is 0 Å². The number of benzene rings is 2. The molecule has 5 rings (SSSR count). The van der Waals surface area contributed by atoms with Gasteiger partial charge in [0.15, 0.2) is 0 Å². The van der Waals surface area contributed by atoms with E-state index in [0.717, 1.165) is 55.1 Å². The highest BCUT2D eigenvalue weighted by Gasteiger charge is 2.24. The molecule has 0 saturated carbocycles. The Morgan fingerprint density at radius 2 is 1.66 bits per heavy atom. The summed E-state index contributed by atoms with van der Waals surface area (Å²) in [5.74, 6) is 0.0876. The molecule has 0 unspecified atom stereocenters. The largest absolute Gasteiger partial charge is 0.339 e. The first-order valence-electron chi connectivity index (χ1n) is 11.0. The smallest absolute Gasteiger partial charge is 0.244 e. The minimum Gasteiger partial charge on any atom is -0.339 e. The van der Waals surface area contributed by atoms with Crippen LogP contribution >= 0.6 is 0 Å². The first-order chi connectivity index (χ1) is 15.6. The monoisotopic (exact) mass is 429 g/mol. The lowest BCUT2D eigenvalue weighted by Crippen LogP contribution is -2.49. The Kier molecular flexibility index (Phi) is 5.45. The van der Waals surface area contributed by atoms with Gasteiger partial charge in [0.05, 0.1) is 16.9 Å². The molecule has 8 heteroatoms. The van der Waals surface area contributed by atoms with Gasteiger partial charge in [-0.15, -0.1) is 5.10 Å². The topological polar surface area (TPSA) is 72.1 Å². The molecule has 1 saturated heterocycles. The molecule has 3 heterocycles. The SMILES string of the molecule is Cc1nn(-c2ccccc2)c(C)c1CN1CCN(C(=O)Cn2nnc3ccccc32)CC1. The number of aromatic nitrogens is 5. The molecule has 0 atom stereocenters. The van der Waals surface area contributed by atoms with Crippen LogP contribution < -0.4 is 0 Å². The summed E-state index contributed by atoms with van der Waals surface area (Å²) in [7, 11) is 0. The maximum atomic E-state index is 12.8. The average molecular weight is 430 g/mol. The highest BCUT2D eigenvalue weighted by molar-refractivity contribution is 5.79. The summed E-state index contributed by atoms with van der Waals surface area (Å²) < 4.78 is 3.71. The zero-order valence-corrected chi connectivity index (χ0v) is 18.5. The van der Waals surface area contributed by atoms with Crippen LogP contribution in [0.2, 0.25) is 0 Å². The third-order valence-corrected chi connectivity index (χ3v) is 6.25. The molecule has 0 N–H and O–H groups in total. The van der Waals surface area contributed by atoms with Crippen molar-refractivity contribution in [3.63, 3.8) is 0 Å². The van der Waals surface area contributed by atoms with Crippen LogP contribution in [0.3, 0.4) is 0 Å². The molecule has 1 fully saturated rings. The number of piperazine rings is 1. The van der Waals surface area contributed by atoms with Crippen LogP contribution in [0.15, 0.2) is 54.6 Å². The van der Waals surface area contributed by atoms with Crippen LogP contribution in [-0.2, 0) is 17.9 Å². The van der Waals surface area contributed by atoms with E-state index in [4.69, 9.17) is 5.10 Å². The Labute approximate surface area is 187 Å². The zero-order chi connectivity index (χ0) is 22.1. The van der Waals surface area contributed by atoms with E-state index < -0.39 is 0 Å². The molecule has 4 aromatic rings. The van der Waals surface area contributed by atoms with Gasteiger partial charge in [-0.05, 0) is 38.1 Å².